The van der Waals surface area contributed by atoms with Crippen molar-refractivity contribution in [3.63, 3.8) is 0 Å². The van der Waals surface area contributed by atoms with E-state index < -0.39 is 0 Å². The zero-order valence-corrected chi connectivity index (χ0v) is 18.0. The number of nitrogens with zero attached hydrogens (tertiary/aromatic N) is 5. The molecule has 0 saturated carbocycles. The molecule has 4 rings (SSSR count). The van der Waals surface area contributed by atoms with Gasteiger partial charge in [-0.2, -0.15) is 10.2 Å². The summed E-state index contributed by atoms with van der Waals surface area (Å²) >= 11 is 0. The lowest BCUT2D eigenvalue weighted by Gasteiger charge is -2.24. The lowest BCUT2D eigenvalue weighted by atomic mass is 10.2. The lowest BCUT2D eigenvalue weighted by Crippen LogP contribution is -2.32. The number of hydrogen-bond donors (Lipinski definition) is 1. The molecular weight excluding hydrogens is 398 g/mol. The highest BCUT2D eigenvalue weighted by Crippen LogP contribution is 2.19. The van der Waals surface area contributed by atoms with Gasteiger partial charge < -0.3 is 5.21 Å². The number of hydrogen-bond acceptors (Lipinski definition) is 6. The molecule has 1 N–H and O–H groups in total. The van der Waals surface area contributed by atoms with Crippen LogP contribution in [-0.2, 0) is 0 Å². The van der Waals surface area contributed by atoms with Gasteiger partial charge in [0.15, 0.2) is 0 Å². The topological polar surface area (TPSA) is 63.8 Å². The monoisotopic (exact) mass is 425 g/mol. The minimum absolute atomic E-state index is 0.106. The Hall–Kier alpha value is -4.19. The average molecular weight is 426 g/mol. The third-order valence-corrected chi connectivity index (χ3v) is 4.63. The Morgan fingerprint density at radius 3 is 1.38 bits per heavy atom. The van der Waals surface area contributed by atoms with Crippen LogP contribution >= 0.6 is 0 Å². The van der Waals surface area contributed by atoms with Gasteiger partial charge in [0.1, 0.15) is 6.17 Å². The number of rotatable bonds is 6. The predicted molar refractivity (Wildman–Crippen MR) is 131 cm³/mol. The van der Waals surface area contributed by atoms with Crippen molar-refractivity contribution in [3.05, 3.63) is 120 Å². The SMILES string of the molecule is CCC1N(N=Cc2ccccc2)C=CN1N=Cc1ccccc1.ON=Cc1ccccc1. The fourth-order valence-electron chi connectivity index (χ4n) is 3.01. The molecule has 32 heavy (non-hydrogen) atoms. The number of benzene rings is 3. The van der Waals surface area contributed by atoms with Crippen molar-refractivity contribution in [2.45, 2.75) is 19.5 Å². The Morgan fingerprint density at radius 1 is 0.656 bits per heavy atom. The summed E-state index contributed by atoms with van der Waals surface area (Å²) in [6.45, 7) is 2.13. The van der Waals surface area contributed by atoms with Gasteiger partial charge in [-0.3, -0.25) is 0 Å². The second kappa shape index (κ2) is 12.5. The minimum Gasteiger partial charge on any atom is -0.411 e. The molecule has 0 unspecified atom stereocenters. The highest BCUT2D eigenvalue weighted by atomic mass is 16.4. The maximum absolute atomic E-state index is 8.09. The summed E-state index contributed by atoms with van der Waals surface area (Å²) < 4.78 is 0. The molecule has 0 bridgehead atoms. The lowest BCUT2D eigenvalue weighted by molar-refractivity contribution is 0.157. The summed E-state index contributed by atoms with van der Waals surface area (Å²) in [6, 6.07) is 29.6. The standard InChI is InChI=1S/C19H20N4.C7H7NO/c1-2-19-22(20-15-17-9-5-3-6-10-17)13-14-23(19)21-16-18-11-7-4-8-12-18;9-8-6-7-4-2-1-3-5-7/h3-16,19H,2H2,1H3;1-6,9H. The van der Waals surface area contributed by atoms with Crippen LogP contribution < -0.4 is 0 Å². The molecule has 1 heterocycles. The van der Waals surface area contributed by atoms with Crippen molar-refractivity contribution < 1.29 is 5.21 Å². The Bertz CT molecular complexity index is 974. The minimum atomic E-state index is 0.106. The summed E-state index contributed by atoms with van der Waals surface area (Å²) in [5.74, 6) is 0. The van der Waals surface area contributed by atoms with Crippen LogP contribution in [0.2, 0.25) is 0 Å². The first-order chi connectivity index (χ1) is 15.8. The maximum atomic E-state index is 8.09. The van der Waals surface area contributed by atoms with Crippen LogP contribution in [-0.4, -0.2) is 40.0 Å². The van der Waals surface area contributed by atoms with Crippen molar-refractivity contribution in [2.75, 3.05) is 0 Å². The van der Waals surface area contributed by atoms with Crippen LogP contribution in [0, 0.1) is 0 Å². The van der Waals surface area contributed by atoms with E-state index in [4.69, 9.17) is 5.21 Å². The molecule has 0 saturated heterocycles. The van der Waals surface area contributed by atoms with E-state index in [0.717, 1.165) is 23.1 Å². The molecule has 6 nitrogen and oxygen atoms in total. The largest absolute Gasteiger partial charge is 0.411 e. The molecule has 0 atom stereocenters. The quantitative estimate of drug-likeness (QED) is 0.328. The molecule has 6 heteroatoms. The van der Waals surface area contributed by atoms with E-state index in [-0.39, 0.29) is 6.17 Å². The molecule has 0 spiro atoms. The van der Waals surface area contributed by atoms with E-state index >= 15 is 0 Å². The first-order valence-electron chi connectivity index (χ1n) is 10.5. The molecule has 0 fully saturated rings. The highest BCUT2D eigenvalue weighted by molar-refractivity contribution is 5.80. The van der Waals surface area contributed by atoms with Crippen molar-refractivity contribution >= 4 is 18.6 Å². The van der Waals surface area contributed by atoms with Crippen LogP contribution in [0.15, 0.2) is 119 Å². The van der Waals surface area contributed by atoms with Gasteiger partial charge in [0, 0.05) is 12.4 Å². The first-order valence-corrected chi connectivity index (χ1v) is 10.5. The van der Waals surface area contributed by atoms with E-state index in [1.54, 1.807) is 0 Å². The first kappa shape index (κ1) is 22.5. The van der Waals surface area contributed by atoms with Crippen LogP contribution in [0.3, 0.4) is 0 Å². The second-order valence-corrected chi connectivity index (χ2v) is 6.91. The zero-order valence-electron chi connectivity index (χ0n) is 18.0. The average Bonchev–Trinajstić information content (AvgIpc) is 3.26. The number of oxime groups is 1. The summed E-state index contributed by atoms with van der Waals surface area (Å²) in [5.41, 5.74) is 3.07. The van der Waals surface area contributed by atoms with Crippen LogP contribution in [0.1, 0.15) is 30.0 Å². The fraction of sp³-hybridized carbons (Fsp3) is 0.115. The van der Waals surface area contributed by atoms with Crippen LogP contribution in [0.4, 0.5) is 0 Å². The van der Waals surface area contributed by atoms with Gasteiger partial charge in [0.2, 0.25) is 0 Å². The Kier molecular flexibility index (Phi) is 8.78. The van der Waals surface area contributed by atoms with Gasteiger partial charge in [-0.1, -0.05) is 103 Å². The fourth-order valence-corrected chi connectivity index (χ4v) is 3.01. The molecule has 162 valence electrons. The van der Waals surface area contributed by atoms with Crippen molar-refractivity contribution in [1.82, 2.24) is 10.0 Å². The molecule has 0 aliphatic carbocycles. The third-order valence-electron chi connectivity index (χ3n) is 4.63. The molecule has 0 radical (unpaired) electrons. The zero-order chi connectivity index (χ0) is 22.4. The smallest absolute Gasteiger partial charge is 0.143 e. The van der Waals surface area contributed by atoms with Crippen LogP contribution in [0.5, 0.6) is 0 Å². The van der Waals surface area contributed by atoms with E-state index in [1.807, 2.05) is 126 Å². The van der Waals surface area contributed by atoms with E-state index in [9.17, 15) is 0 Å². The van der Waals surface area contributed by atoms with Gasteiger partial charge in [0.25, 0.3) is 0 Å². The summed E-state index contributed by atoms with van der Waals surface area (Å²) in [7, 11) is 0. The van der Waals surface area contributed by atoms with Crippen molar-refractivity contribution in [3.8, 4) is 0 Å². The Morgan fingerprint density at radius 2 is 1.03 bits per heavy atom. The van der Waals surface area contributed by atoms with Gasteiger partial charge in [0.05, 0.1) is 18.6 Å². The third kappa shape index (κ3) is 6.95. The normalized spacial score (nSPS) is 15.6. The van der Waals surface area contributed by atoms with Crippen molar-refractivity contribution in [1.29, 1.82) is 0 Å². The van der Waals surface area contributed by atoms with Crippen molar-refractivity contribution in [2.24, 2.45) is 15.4 Å². The molecule has 1 aliphatic rings. The van der Waals surface area contributed by atoms with E-state index in [0.29, 0.717) is 0 Å². The van der Waals surface area contributed by atoms with Gasteiger partial charge in [-0.15, -0.1) is 0 Å². The second-order valence-electron chi connectivity index (χ2n) is 6.91. The molecule has 3 aromatic rings. The summed E-state index contributed by atoms with van der Waals surface area (Å²) in [4.78, 5) is 0. The summed E-state index contributed by atoms with van der Waals surface area (Å²) in [5, 5.41) is 24.0. The summed E-state index contributed by atoms with van der Waals surface area (Å²) in [6.07, 6.45) is 10.1. The molecule has 1 aliphatic heterocycles. The molecule has 3 aromatic carbocycles. The van der Waals surface area contributed by atoms with E-state index in [2.05, 4.69) is 22.3 Å². The van der Waals surface area contributed by atoms with E-state index in [1.165, 1.54) is 6.21 Å². The molecule has 0 aromatic heterocycles. The van der Waals surface area contributed by atoms with Gasteiger partial charge in [-0.05, 0) is 23.1 Å². The Labute approximate surface area is 189 Å². The highest BCUT2D eigenvalue weighted by Gasteiger charge is 2.23. The Balaban J connectivity index is 0.000000269. The predicted octanol–water partition coefficient (Wildman–Crippen LogP) is 5.37. The number of hydrazone groups is 2. The molecule has 0 amide bonds. The van der Waals surface area contributed by atoms with Gasteiger partial charge in [-0.25, -0.2) is 10.0 Å². The van der Waals surface area contributed by atoms with Crippen LogP contribution in [0.25, 0.3) is 0 Å². The molecular formula is C26H27N5O. The van der Waals surface area contributed by atoms with Gasteiger partial charge >= 0.3 is 0 Å². The maximum Gasteiger partial charge on any atom is 0.143 e.